The molecule has 2 unspecified atom stereocenters. The first-order chi connectivity index (χ1) is 5.25. The minimum Gasteiger partial charge on any atom is -0.466 e. The molecule has 0 aromatic carbocycles. The van der Waals surface area contributed by atoms with E-state index in [2.05, 4.69) is 0 Å². The molecule has 12 heavy (non-hydrogen) atoms. The van der Waals surface area contributed by atoms with Gasteiger partial charge in [0, 0.05) is 6.04 Å². The van der Waals surface area contributed by atoms with Crippen molar-refractivity contribution in [3.8, 4) is 0 Å². The van der Waals surface area contributed by atoms with Gasteiger partial charge in [-0.15, -0.1) is 12.4 Å². The van der Waals surface area contributed by atoms with Gasteiger partial charge >= 0.3 is 5.97 Å². The molecule has 1 saturated carbocycles. The molecule has 2 N–H and O–H groups in total. The van der Waals surface area contributed by atoms with Crippen LogP contribution in [0.15, 0.2) is 0 Å². The van der Waals surface area contributed by atoms with Crippen LogP contribution in [-0.4, -0.2) is 18.6 Å². The lowest BCUT2D eigenvalue weighted by atomic mass is 10.1. The van der Waals surface area contributed by atoms with Crippen LogP contribution >= 0.6 is 12.4 Å². The smallest absolute Gasteiger partial charge is 0.310 e. The third-order valence-electron chi connectivity index (χ3n) is 2.16. The first kappa shape index (κ1) is 11.7. The average molecular weight is 194 g/mol. The summed E-state index contributed by atoms with van der Waals surface area (Å²) in [6, 6.07) is 0.0362. The summed E-state index contributed by atoms with van der Waals surface area (Å²) in [7, 11) is 0. The number of ether oxygens (including phenoxy) is 1. The maximum atomic E-state index is 11.2. The molecule has 0 radical (unpaired) electrons. The van der Waals surface area contributed by atoms with Crippen LogP contribution < -0.4 is 5.73 Å². The summed E-state index contributed by atoms with van der Waals surface area (Å²) in [6.45, 7) is 2.28. The van der Waals surface area contributed by atoms with Crippen molar-refractivity contribution < 1.29 is 9.53 Å². The lowest BCUT2D eigenvalue weighted by Crippen LogP contribution is -2.31. The highest BCUT2D eigenvalue weighted by Gasteiger charge is 2.31. The molecule has 0 aromatic rings. The topological polar surface area (TPSA) is 52.3 Å². The first-order valence-electron chi connectivity index (χ1n) is 4.18. The van der Waals surface area contributed by atoms with Gasteiger partial charge in [-0.2, -0.15) is 0 Å². The highest BCUT2D eigenvalue weighted by molar-refractivity contribution is 5.85. The minimum atomic E-state index is -0.113. The van der Waals surface area contributed by atoms with Crippen molar-refractivity contribution >= 4 is 18.4 Å². The third-order valence-corrected chi connectivity index (χ3v) is 2.16. The van der Waals surface area contributed by atoms with E-state index in [9.17, 15) is 4.79 Å². The molecule has 1 aliphatic carbocycles. The second-order valence-electron chi connectivity index (χ2n) is 2.95. The molecule has 0 spiro atoms. The lowest BCUT2D eigenvalue weighted by Gasteiger charge is -2.12. The average Bonchev–Trinajstić information content (AvgIpc) is 2.36. The van der Waals surface area contributed by atoms with Gasteiger partial charge in [-0.05, 0) is 19.8 Å². The Hall–Kier alpha value is -0.280. The van der Waals surface area contributed by atoms with Crippen molar-refractivity contribution in [2.45, 2.75) is 32.2 Å². The normalized spacial score (nSPS) is 27.8. The number of halogens is 1. The number of carbonyl (C=O) groups is 1. The SMILES string of the molecule is CCOC(=O)C1CCCC1N.Cl. The predicted molar refractivity (Wildman–Crippen MR) is 49.2 cm³/mol. The number of hydrogen-bond acceptors (Lipinski definition) is 3. The van der Waals surface area contributed by atoms with E-state index in [0.717, 1.165) is 19.3 Å². The molecule has 1 rings (SSSR count). The zero-order valence-corrected chi connectivity index (χ0v) is 8.10. The van der Waals surface area contributed by atoms with Crippen LogP contribution in [0.5, 0.6) is 0 Å². The summed E-state index contributed by atoms with van der Waals surface area (Å²) in [5.74, 6) is -0.146. The van der Waals surface area contributed by atoms with Crippen LogP contribution in [0.2, 0.25) is 0 Å². The van der Waals surface area contributed by atoms with Gasteiger partial charge in [0.05, 0.1) is 12.5 Å². The number of hydrogen-bond donors (Lipinski definition) is 1. The lowest BCUT2D eigenvalue weighted by molar-refractivity contribution is -0.148. The molecule has 1 fully saturated rings. The van der Waals surface area contributed by atoms with Gasteiger partial charge in [-0.3, -0.25) is 4.79 Å². The van der Waals surface area contributed by atoms with E-state index in [1.807, 2.05) is 6.92 Å². The summed E-state index contributed by atoms with van der Waals surface area (Å²) in [5, 5.41) is 0. The Bertz CT molecular complexity index is 152. The summed E-state index contributed by atoms with van der Waals surface area (Å²) < 4.78 is 4.88. The molecule has 0 aromatic heterocycles. The monoisotopic (exact) mass is 193 g/mol. The summed E-state index contributed by atoms with van der Waals surface area (Å²) in [5.41, 5.74) is 5.71. The van der Waals surface area contributed by atoms with Crippen LogP contribution in [0.25, 0.3) is 0 Å². The van der Waals surface area contributed by atoms with Gasteiger partial charge in [0.2, 0.25) is 0 Å². The van der Waals surface area contributed by atoms with Crippen LogP contribution in [-0.2, 0) is 9.53 Å². The largest absolute Gasteiger partial charge is 0.466 e. The van der Waals surface area contributed by atoms with E-state index in [1.165, 1.54) is 0 Å². The molecule has 72 valence electrons. The zero-order valence-electron chi connectivity index (χ0n) is 7.29. The maximum Gasteiger partial charge on any atom is 0.310 e. The van der Waals surface area contributed by atoms with Crippen molar-refractivity contribution in [3.63, 3.8) is 0 Å². The second kappa shape index (κ2) is 5.38. The Balaban J connectivity index is 0.00000121. The Kier molecular flexibility index (Phi) is 5.25. The van der Waals surface area contributed by atoms with E-state index in [1.54, 1.807) is 0 Å². The van der Waals surface area contributed by atoms with Crippen LogP contribution in [0.3, 0.4) is 0 Å². The van der Waals surface area contributed by atoms with Crippen LogP contribution in [0.1, 0.15) is 26.2 Å². The molecule has 3 nitrogen and oxygen atoms in total. The minimum absolute atomic E-state index is 0. The van der Waals surface area contributed by atoms with Gasteiger partial charge < -0.3 is 10.5 Å². The fourth-order valence-corrected chi connectivity index (χ4v) is 1.53. The van der Waals surface area contributed by atoms with Gasteiger partial charge in [-0.1, -0.05) is 6.42 Å². The predicted octanol–water partition coefficient (Wildman–Crippen LogP) is 1.10. The molecule has 2 atom stereocenters. The number of esters is 1. The standard InChI is InChI=1S/C8H15NO2.ClH/c1-2-11-8(10)6-4-3-5-7(6)9;/h6-7H,2-5,9H2,1H3;1H. The van der Waals surface area contributed by atoms with Gasteiger partial charge in [0.15, 0.2) is 0 Å². The van der Waals surface area contributed by atoms with Gasteiger partial charge in [0.25, 0.3) is 0 Å². The highest BCUT2D eigenvalue weighted by atomic mass is 35.5. The molecule has 0 saturated heterocycles. The van der Waals surface area contributed by atoms with Crippen molar-refractivity contribution in [1.29, 1.82) is 0 Å². The van der Waals surface area contributed by atoms with Crippen LogP contribution in [0, 0.1) is 5.92 Å². The van der Waals surface area contributed by atoms with Crippen molar-refractivity contribution in [2.24, 2.45) is 11.7 Å². The van der Waals surface area contributed by atoms with Crippen molar-refractivity contribution in [2.75, 3.05) is 6.61 Å². The first-order valence-corrected chi connectivity index (χ1v) is 4.18. The Labute approximate surface area is 79.1 Å². The molecular weight excluding hydrogens is 178 g/mol. The van der Waals surface area contributed by atoms with Crippen molar-refractivity contribution in [3.05, 3.63) is 0 Å². The molecule has 1 aliphatic rings. The zero-order chi connectivity index (χ0) is 8.27. The van der Waals surface area contributed by atoms with E-state index in [4.69, 9.17) is 10.5 Å². The molecule has 0 amide bonds. The third kappa shape index (κ3) is 2.64. The summed E-state index contributed by atoms with van der Waals surface area (Å²) in [6.07, 6.45) is 2.92. The van der Waals surface area contributed by atoms with Crippen LogP contribution in [0.4, 0.5) is 0 Å². The Morgan fingerprint density at radius 2 is 2.25 bits per heavy atom. The summed E-state index contributed by atoms with van der Waals surface area (Å²) >= 11 is 0. The Morgan fingerprint density at radius 1 is 1.58 bits per heavy atom. The maximum absolute atomic E-state index is 11.2. The second-order valence-corrected chi connectivity index (χ2v) is 2.95. The highest BCUT2D eigenvalue weighted by Crippen LogP contribution is 2.24. The molecule has 0 aliphatic heterocycles. The molecule has 4 heteroatoms. The quantitative estimate of drug-likeness (QED) is 0.669. The van der Waals surface area contributed by atoms with Gasteiger partial charge in [-0.25, -0.2) is 0 Å². The summed E-state index contributed by atoms with van der Waals surface area (Å²) in [4.78, 5) is 11.2. The van der Waals surface area contributed by atoms with Gasteiger partial charge in [0.1, 0.15) is 0 Å². The Morgan fingerprint density at radius 3 is 2.67 bits per heavy atom. The number of nitrogens with two attached hydrogens (primary N) is 1. The number of carbonyl (C=O) groups excluding carboxylic acids is 1. The molecule has 0 heterocycles. The van der Waals surface area contributed by atoms with E-state index in [-0.39, 0.29) is 30.3 Å². The fraction of sp³-hybridized carbons (Fsp3) is 0.875. The van der Waals surface area contributed by atoms with E-state index >= 15 is 0 Å². The van der Waals surface area contributed by atoms with E-state index in [0.29, 0.717) is 6.61 Å². The van der Waals surface area contributed by atoms with Crippen molar-refractivity contribution in [1.82, 2.24) is 0 Å². The number of rotatable bonds is 2. The fourth-order valence-electron chi connectivity index (χ4n) is 1.53. The molecular formula is C8H16ClNO2. The van der Waals surface area contributed by atoms with E-state index < -0.39 is 0 Å². The molecule has 0 bridgehead atoms.